The molecule has 2 saturated carbocycles. The van der Waals surface area contributed by atoms with Gasteiger partial charge >= 0.3 is 16.1 Å². The molecule has 0 bridgehead atoms. The molecule has 1 aromatic rings. The maximum atomic E-state index is 13.0. The standard InChI is InChI=1S/C16H26N4O4S2/c1-11-7-9-13(10-8-11)20(12-5-3-2-4-6-12)15(21)17-14-18-19-16(25-14)26(22,23)24/h11-13H,2-10H2,1H3,(H,17,18,21)(H,22,23,24)/t11-,13-. The molecule has 0 saturated heterocycles. The van der Waals surface area contributed by atoms with Crippen LogP contribution in [0.1, 0.15) is 64.7 Å². The number of urea groups is 1. The lowest BCUT2D eigenvalue weighted by molar-refractivity contribution is 0.105. The van der Waals surface area contributed by atoms with Crippen LogP contribution in [0.15, 0.2) is 4.34 Å². The number of aromatic nitrogens is 2. The summed E-state index contributed by atoms with van der Waals surface area (Å²) >= 11 is 0.660. The van der Waals surface area contributed by atoms with Crippen LogP contribution in [0.5, 0.6) is 0 Å². The molecule has 0 radical (unpaired) electrons. The first kappa shape index (κ1) is 19.5. The fourth-order valence-corrected chi connectivity index (χ4v) is 5.30. The van der Waals surface area contributed by atoms with Gasteiger partial charge in [-0.1, -0.05) is 37.5 Å². The third kappa shape index (κ3) is 4.72. The zero-order valence-electron chi connectivity index (χ0n) is 14.9. The van der Waals surface area contributed by atoms with Crippen molar-refractivity contribution in [3.05, 3.63) is 0 Å². The summed E-state index contributed by atoms with van der Waals surface area (Å²) in [4.78, 5) is 15.0. The van der Waals surface area contributed by atoms with E-state index < -0.39 is 14.5 Å². The predicted molar refractivity (Wildman–Crippen MR) is 98.9 cm³/mol. The molecule has 10 heteroatoms. The van der Waals surface area contributed by atoms with E-state index in [1.807, 2.05) is 4.90 Å². The van der Waals surface area contributed by atoms with Gasteiger partial charge in [0.15, 0.2) is 0 Å². The van der Waals surface area contributed by atoms with Crippen molar-refractivity contribution in [2.24, 2.45) is 5.92 Å². The number of carbonyl (C=O) groups is 1. The average Bonchev–Trinajstić information content (AvgIpc) is 3.07. The molecule has 2 amide bonds. The van der Waals surface area contributed by atoms with Crippen molar-refractivity contribution in [3.63, 3.8) is 0 Å². The SMILES string of the molecule is C[C@H]1CC[C@H](N(C(=O)Nc2nnc(S(=O)(=O)O)s2)C2CCCCC2)CC1. The molecule has 2 N–H and O–H groups in total. The van der Waals surface area contributed by atoms with Gasteiger partial charge in [-0.15, -0.1) is 10.2 Å². The molecule has 0 atom stereocenters. The van der Waals surface area contributed by atoms with Gasteiger partial charge in [0.25, 0.3) is 4.34 Å². The minimum absolute atomic E-state index is 0.0904. The van der Waals surface area contributed by atoms with E-state index in [1.165, 1.54) is 6.42 Å². The van der Waals surface area contributed by atoms with Crippen molar-refractivity contribution < 1.29 is 17.8 Å². The highest BCUT2D eigenvalue weighted by Gasteiger charge is 2.34. The van der Waals surface area contributed by atoms with Gasteiger partial charge in [-0.25, -0.2) is 4.79 Å². The zero-order chi connectivity index (χ0) is 18.7. The van der Waals surface area contributed by atoms with E-state index in [1.54, 1.807) is 0 Å². The number of hydrogen-bond donors (Lipinski definition) is 2. The third-order valence-corrected chi connectivity index (χ3v) is 7.46. The van der Waals surface area contributed by atoms with E-state index in [4.69, 9.17) is 4.55 Å². The monoisotopic (exact) mass is 402 g/mol. The maximum absolute atomic E-state index is 13.0. The predicted octanol–water partition coefficient (Wildman–Crippen LogP) is 3.53. The largest absolute Gasteiger partial charge is 0.324 e. The molecule has 1 aromatic heterocycles. The van der Waals surface area contributed by atoms with Crippen molar-refractivity contribution in [2.75, 3.05) is 5.32 Å². The van der Waals surface area contributed by atoms with Crippen LogP contribution in [0.25, 0.3) is 0 Å². The van der Waals surface area contributed by atoms with Crippen LogP contribution in [0.4, 0.5) is 9.93 Å². The molecule has 8 nitrogen and oxygen atoms in total. The van der Waals surface area contributed by atoms with Crippen molar-refractivity contribution in [1.82, 2.24) is 15.1 Å². The Morgan fingerprint density at radius 2 is 1.69 bits per heavy atom. The van der Waals surface area contributed by atoms with Gasteiger partial charge in [-0.05, 0) is 44.4 Å². The number of nitrogens with zero attached hydrogens (tertiary/aromatic N) is 3. The van der Waals surface area contributed by atoms with Gasteiger partial charge in [0.05, 0.1) is 0 Å². The van der Waals surface area contributed by atoms with Crippen LogP contribution in [-0.2, 0) is 10.1 Å². The Kier molecular flexibility index (Phi) is 6.13. The van der Waals surface area contributed by atoms with Crippen LogP contribution in [-0.4, -0.2) is 46.2 Å². The summed E-state index contributed by atoms with van der Waals surface area (Å²) in [6.07, 6.45) is 9.71. The Hall–Kier alpha value is -1.26. The normalized spacial score (nSPS) is 25.0. The summed E-state index contributed by atoms with van der Waals surface area (Å²) in [5.41, 5.74) is 0. The summed E-state index contributed by atoms with van der Waals surface area (Å²) in [6.45, 7) is 2.25. The van der Waals surface area contributed by atoms with Gasteiger partial charge in [-0.2, -0.15) is 8.42 Å². The minimum Gasteiger partial charge on any atom is -0.319 e. The molecule has 0 spiro atoms. The van der Waals surface area contributed by atoms with Crippen molar-refractivity contribution >= 4 is 32.6 Å². The number of amides is 2. The van der Waals surface area contributed by atoms with Crippen molar-refractivity contribution in [1.29, 1.82) is 0 Å². The van der Waals surface area contributed by atoms with Gasteiger partial charge in [-0.3, -0.25) is 9.87 Å². The molecule has 2 aliphatic rings. The molecule has 3 rings (SSSR count). The summed E-state index contributed by atoms with van der Waals surface area (Å²) < 4.78 is 30.8. The van der Waals surface area contributed by atoms with E-state index in [2.05, 4.69) is 22.4 Å². The number of nitrogens with one attached hydrogen (secondary N) is 1. The van der Waals surface area contributed by atoms with Gasteiger partial charge in [0.1, 0.15) is 0 Å². The lowest BCUT2D eigenvalue weighted by Crippen LogP contribution is -2.51. The Morgan fingerprint density at radius 3 is 2.27 bits per heavy atom. The Balaban J connectivity index is 1.74. The fraction of sp³-hybridized carbons (Fsp3) is 0.812. The Morgan fingerprint density at radius 1 is 1.08 bits per heavy atom. The zero-order valence-corrected chi connectivity index (χ0v) is 16.6. The second-order valence-corrected chi connectivity index (χ2v) is 9.96. The fourth-order valence-electron chi connectivity index (χ4n) is 4.03. The molecule has 2 aliphatic carbocycles. The van der Waals surface area contributed by atoms with Crippen LogP contribution in [0, 0.1) is 5.92 Å². The molecule has 0 unspecified atom stereocenters. The maximum Gasteiger partial charge on any atom is 0.324 e. The number of rotatable bonds is 4. The minimum atomic E-state index is -4.41. The number of hydrogen-bond acceptors (Lipinski definition) is 6. The summed E-state index contributed by atoms with van der Waals surface area (Å²) in [7, 11) is -4.41. The molecular formula is C16H26N4O4S2. The topological polar surface area (TPSA) is 112 Å². The van der Waals surface area contributed by atoms with E-state index in [0.717, 1.165) is 51.4 Å². The van der Waals surface area contributed by atoms with Crippen molar-refractivity contribution in [3.8, 4) is 0 Å². The molecule has 26 heavy (non-hydrogen) atoms. The lowest BCUT2D eigenvalue weighted by atomic mass is 9.84. The highest BCUT2D eigenvalue weighted by Crippen LogP contribution is 2.33. The number of carbonyl (C=O) groups excluding carboxylic acids is 1. The van der Waals surface area contributed by atoms with E-state index in [0.29, 0.717) is 17.3 Å². The average molecular weight is 403 g/mol. The number of anilines is 1. The van der Waals surface area contributed by atoms with Gasteiger partial charge in [0.2, 0.25) is 5.13 Å². The van der Waals surface area contributed by atoms with Crippen LogP contribution < -0.4 is 5.32 Å². The quantitative estimate of drug-likeness (QED) is 0.588. The van der Waals surface area contributed by atoms with Crippen LogP contribution in [0.3, 0.4) is 0 Å². The Labute approximate surface area is 158 Å². The van der Waals surface area contributed by atoms with Gasteiger partial charge in [0, 0.05) is 12.1 Å². The van der Waals surface area contributed by atoms with E-state index in [9.17, 15) is 13.2 Å². The summed E-state index contributed by atoms with van der Waals surface area (Å²) in [5, 5.41) is 9.90. The van der Waals surface area contributed by atoms with Crippen molar-refractivity contribution in [2.45, 2.75) is 81.1 Å². The first-order valence-corrected chi connectivity index (χ1v) is 11.5. The van der Waals surface area contributed by atoms with E-state index >= 15 is 0 Å². The van der Waals surface area contributed by atoms with Gasteiger partial charge < -0.3 is 4.90 Å². The second-order valence-electron chi connectivity index (χ2n) is 7.39. The Bertz CT molecular complexity index is 722. The van der Waals surface area contributed by atoms with Crippen LogP contribution >= 0.6 is 11.3 Å². The molecule has 0 aromatic carbocycles. The molecular weight excluding hydrogens is 376 g/mol. The lowest BCUT2D eigenvalue weighted by Gasteiger charge is -2.42. The summed E-state index contributed by atoms with van der Waals surface area (Å²) in [5.74, 6) is 0.697. The molecule has 146 valence electrons. The summed E-state index contributed by atoms with van der Waals surface area (Å²) in [6, 6.07) is 0.189. The first-order chi connectivity index (χ1) is 12.3. The highest BCUT2D eigenvalue weighted by molar-refractivity contribution is 7.88. The highest BCUT2D eigenvalue weighted by atomic mass is 32.3. The molecule has 0 aliphatic heterocycles. The van der Waals surface area contributed by atoms with Crippen LogP contribution in [0.2, 0.25) is 0 Å². The third-order valence-electron chi connectivity index (χ3n) is 5.42. The second kappa shape index (κ2) is 8.18. The molecule has 2 fully saturated rings. The molecule has 1 heterocycles. The smallest absolute Gasteiger partial charge is 0.319 e. The first-order valence-electron chi connectivity index (χ1n) is 9.25. The van der Waals surface area contributed by atoms with E-state index in [-0.39, 0.29) is 23.2 Å².